The van der Waals surface area contributed by atoms with Gasteiger partial charge >= 0.3 is 11.9 Å². The largest absolute Gasteiger partial charge is 0.447 e. The van der Waals surface area contributed by atoms with E-state index < -0.39 is 40.1 Å². The number of hydrogen-bond donors (Lipinski definition) is 1. The van der Waals surface area contributed by atoms with E-state index in [1.165, 1.54) is 11.6 Å². The molecule has 3 aromatic rings. The number of anilines is 1. The fourth-order valence-electron chi connectivity index (χ4n) is 2.74. The highest BCUT2D eigenvalue weighted by molar-refractivity contribution is 5.97. The molecule has 0 radical (unpaired) electrons. The first-order chi connectivity index (χ1) is 14.2. The molecule has 1 aromatic carbocycles. The minimum Gasteiger partial charge on any atom is -0.447 e. The molecule has 11 heteroatoms. The van der Waals surface area contributed by atoms with E-state index in [4.69, 9.17) is 9.15 Å². The maximum absolute atomic E-state index is 12.8. The quantitative estimate of drug-likeness (QED) is 0.370. The average Bonchev–Trinajstić information content (AvgIpc) is 3.29. The summed E-state index contributed by atoms with van der Waals surface area (Å²) in [4.78, 5) is 47.2. The van der Waals surface area contributed by atoms with Gasteiger partial charge in [0.15, 0.2) is 6.10 Å². The molecule has 1 N–H and O–H groups in total. The molecular weight excluding hydrogens is 396 g/mol. The third-order valence-electron chi connectivity index (χ3n) is 4.43. The van der Waals surface area contributed by atoms with E-state index >= 15 is 0 Å². The number of benzene rings is 1. The van der Waals surface area contributed by atoms with Gasteiger partial charge in [-0.05, 0) is 32.0 Å². The Bertz CT molecular complexity index is 1170. The smallest absolute Gasteiger partial charge is 0.433 e. The Kier molecular flexibility index (Phi) is 5.54. The van der Waals surface area contributed by atoms with Crippen LogP contribution in [0.25, 0.3) is 5.69 Å². The second kappa shape index (κ2) is 8.07. The van der Waals surface area contributed by atoms with Gasteiger partial charge in [0, 0.05) is 7.05 Å². The molecule has 0 saturated carbocycles. The van der Waals surface area contributed by atoms with Crippen molar-refractivity contribution in [2.24, 2.45) is 7.05 Å². The number of rotatable bonds is 6. The van der Waals surface area contributed by atoms with E-state index in [-0.39, 0.29) is 5.69 Å². The van der Waals surface area contributed by atoms with Gasteiger partial charge in [-0.25, -0.2) is 9.48 Å². The van der Waals surface area contributed by atoms with Crippen LogP contribution in [0.15, 0.2) is 51.7 Å². The fourth-order valence-corrected chi connectivity index (χ4v) is 2.74. The van der Waals surface area contributed by atoms with Crippen LogP contribution in [0.3, 0.4) is 0 Å². The molecular formula is C19H18N4O7. The molecule has 0 aliphatic rings. The van der Waals surface area contributed by atoms with Crippen LogP contribution in [0.4, 0.5) is 11.6 Å². The third kappa shape index (κ3) is 3.85. The number of carbonyl (C=O) groups is 2. The number of nitrogens with zero attached hydrogens (tertiary/aromatic N) is 3. The van der Waals surface area contributed by atoms with Gasteiger partial charge in [0.25, 0.3) is 11.5 Å². The van der Waals surface area contributed by atoms with Gasteiger partial charge in [-0.15, -0.1) is 0 Å². The summed E-state index contributed by atoms with van der Waals surface area (Å²) in [5.41, 5.74) is 0.711. The van der Waals surface area contributed by atoms with Crippen LogP contribution in [-0.4, -0.2) is 32.3 Å². The topological polar surface area (TPSA) is 139 Å². The summed E-state index contributed by atoms with van der Waals surface area (Å²) in [7, 11) is 1.67. The summed E-state index contributed by atoms with van der Waals surface area (Å²) in [6, 6.07) is 11.0. The number of nitro groups is 1. The van der Waals surface area contributed by atoms with Crippen molar-refractivity contribution in [1.29, 1.82) is 0 Å². The van der Waals surface area contributed by atoms with Gasteiger partial charge in [0.1, 0.15) is 10.6 Å². The lowest BCUT2D eigenvalue weighted by atomic mass is 10.3. The number of amides is 1. The van der Waals surface area contributed by atoms with E-state index in [0.29, 0.717) is 11.4 Å². The zero-order valence-corrected chi connectivity index (χ0v) is 16.3. The first kappa shape index (κ1) is 20.6. The van der Waals surface area contributed by atoms with Gasteiger partial charge in [0.2, 0.25) is 5.76 Å². The number of aromatic nitrogens is 2. The normalized spacial score (nSPS) is 11.7. The predicted molar refractivity (Wildman–Crippen MR) is 105 cm³/mol. The Labute approximate surface area is 169 Å². The van der Waals surface area contributed by atoms with Crippen molar-refractivity contribution in [3.05, 3.63) is 74.4 Å². The molecule has 0 bridgehead atoms. The summed E-state index contributed by atoms with van der Waals surface area (Å²) >= 11 is 0. The van der Waals surface area contributed by atoms with Gasteiger partial charge in [-0.3, -0.25) is 24.4 Å². The lowest BCUT2D eigenvalue weighted by Gasteiger charge is -2.11. The summed E-state index contributed by atoms with van der Waals surface area (Å²) in [6.07, 6.45) is -1.29. The SMILES string of the molecule is Cc1c(NC(=O)C(C)OC(=O)c2ccc([N+](=O)[O-])o2)c(=O)n(-c2ccccc2)n1C. The standard InChI is InChI=1S/C19H18N4O7/c1-11-16(18(25)22(21(11)3)13-7-5-4-6-8-13)20-17(24)12(2)29-19(26)14-9-10-15(30-14)23(27)28/h4-10,12H,1-3H3,(H,20,24). The average molecular weight is 414 g/mol. The summed E-state index contributed by atoms with van der Waals surface area (Å²) in [5, 5.41) is 13.1. The zero-order chi connectivity index (χ0) is 22.0. The number of nitrogens with one attached hydrogen (secondary N) is 1. The minimum absolute atomic E-state index is 0.0443. The molecule has 0 fully saturated rings. The zero-order valence-electron chi connectivity index (χ0n) is 16.3. The van der Waals surface area contributed by atoms with Crippen molar-refractivity contribution in [1.82, 2.24) is 9.36 Å². The molecule has 0 spiro atoms. The number of carbonyl (C=O) groups excluding carboxylic acids is 2. The van der Waals surface area contributed by atoms with Crippen molar-refractivity contribution in [3.63, 3.8) is 0 Å². The number of para-hydroxylation sites is 1. The number of hydrogen-bond acceptors (Lipinski definition) is 7. The van der Waals surface area contributed by atoms with Crippen LogP contribution in [0.1, 0.15) is 23.2 Å². The molecule has 30 heavy (non-hydrogen) atoms. The lowest BCUT2D eigenvalue weighted by molar-refractivity contribution is -0.402. The van der Waals surface area contributed by atoms with E-state index in [9.17, 15) is 24.5 Å². The van der Waals surface area contributed by atoms with Crippen molar-refractivity contribution >= 4 is 23.4 Å². The van der Waals surface area contributed by atoms with Crippen LogP contribution in [-0.2, 0) is 16.6 Å². The predicted octanol–water partition coefficient (Wildman–Crippen LogP) is 2.17. The molecule has 0 saturated heterocycles. The molecule has 1 unspecified atom stereocenters. The highest BCUT2D eigenvalue weighted by Gasteiger charge is 2.25. The van der Waals surface area contributed by atoms with E-state index in [2.05, 4.69) is 5.32 Å². The van der Waals surface area contributed by atoms with Gasteiger partial charge in [-0.1, -0.05) is 18.2 Å². The highest BCUT2D eigenvalue weighted by Crippen LogP contribution is 2.18. The molecule has 1 atom stereocenters. The molecule has 2 heterocycles. The minimum atomic E-state index is -1.29. The first-order valence-corrected chi connectivity index (χ1v) is 8.80. The van der Waals surface area contributed by atoms with Crippen LogP contribution >= 0.6 is 0 Å². The van der Waals surface area contributed by atoms with Gasteiger partial charge in [0.05, 0.1) is 17.4 Å². The second-order valence-corrected chi connectivity index (χ2v) is 6.37. The molecule has 3 rings (SSSR count). The highest BCUT2D eigenvalue weighted by atomic mass is 16.7. The van der Waals surface area contributed by atoms with E-state index in [1.54, 1.807) is 42.9 Å². The van der Waals surface area contributed by atoms with Crippen molar-refractivity contribution in [2.75, 3.05) is 5.32 Å². The van der Waals surface area contributed by atoms with Crippen LogP contribution < -0.4 is 10.9 Å². The van der Waals surface area contributed by atoms with Crippen LogP contribution in [0.2, 0.25) is 0 Å². The molecule has 11 nitrogen and oxygen atoms in total. The Balaban J connectivity index is 1.76. The van der Waals surface area contributed by atoms with E-state index in [1.807, 2.05) is 6.07 Å². The van der Waals surface area contributed by atoms with E-state index in [0.717, 1.165) is 12.1 Å². The Morgan fingerprint density at radius 2 is 1.87 bits per heavy atom. The Morgan fingerprint density at radius 3 is 2.47 bits per heavy atom. The first-order valence-electron chi connectivity index (χ1n) is 8.80. The van der Waals surface area contributed by atoms with Crippen molar-refractivity contribution in [3.8, 4) is 5.69 Å². The van der Waals surface area contributed by atoms with Crippen molar-refractivity contribution in [2.45, 2.75) is 20.0 Å². The monoisotopic (exact) mass is 414 g/mol. The molecule has 2 aromatic heterocycles. The fraction of sp³-hybridized carbons (Fsp3) is 0.211. The maximum atomic E-state index is 12.8. The second-order valence-electron chi connectivity index (χ2n) is 6.37. The Morgan fingerprint density at radius 1 is 1.20 bits per heavy atom. The summed E-state index contributed by atoms with van der Waals surface area (Å²) < 4.78 is 12.7. The summed E-state index contributed by atoms with van der Waals surface area (Å²) in [5.74, 6) is -2.82. The number of furan rings is 1. The molecule has 0 aliphatic heterocycles. The van der Waals surface area contributed by atoms with Crippen LogP contribution in [0, 0.1) is 17.0 Å². The third-order valence-corrected chi connectivity index (χ3v) is 4.43. The Hall–Kier alpha value is -4.15. The molecule has 0 aliphatic carbocycles. The lowest BCUT2D eigenvalue weighted by Crippen LogP contribution is -2.32. The molecule has 1 amide bonds. The van der Waals surface area contributed by atoms with Gasteiger partial charge < -0.3 is 14.5 Å². The van der Waals surface area contributed by atoms with Gasteiger partial charge in [-0.2, -0.15) is 0 Å². The van der Waals surface area contributed by atoms with Crippen molar-refractivity contribution < 1.29 is 23.7 Å². The number of ether oxygens (including phenoxy) is 1. The maximum Gasteiger partial charge on any atom is 0.433 e. The number of esters is 1. The van der Waals surface area contributed by atoms with Crippen LogP contribution in [0.5, 0.6) is 0 Å². The summed E-state index contributed by atoms with van der Waals surface area (Å²) in [6.45, 7) is 2.97. The molecule has 156 valence electrons.